The van der Waals surface area contributed by atoms with Crippen LogP contribution in [-0.2, 0) is 11.2 Å². The van der Waals surface area contributed by atoms with E-state index in [-0.39, 0.29) is 12.2 Å². The molecule has 3 nitrogen and oxygen atoms in total. The molecule has 1 heterocycles. The largest absolute Gasteiger partial charge is 0.472 e. The third-order valence-corrected chi connectivity index (χ3v) is 2.65. The molecule has 1 N–H and O–H groups in total. The van der Waals surface area contributed by atoms with E-state index >= 15 is 0 Å². The maximum Gasteiger partial charge on any atom is 0.158 e. The van der Waals surface area contributed by atoms with E-state index in [1.54, 1.807) is 25.5 Å². The van der Waals surface area contributed by atoms with Gasteiger partial charge in [0.1, 0.15) is 0 Å². The minimum Gasteiger partial charge on any atom is -0.472 e. The SMILES string of the molecule is CC1=CC(=O)CC1(O)Cc1ccoc1. The van der Waals surface area contributed by atoms with Crippen LogP contribution in [0.5, 0.6) is 0 Å². The molecule has 1 atom stereocenters. The number of carbonyl (C=O) groups excluding carboxylic acids is 1. The summed E-state index contributed by atoms with van der Waals surface area (Å²) in [6.07, 6.45) is 5.30. The van der Waals surface area contributed by atoms with Gasteiger partial charge >= 0.3 is 0 Å². The average Bonchev–Trinajstić information content (AvgIpc) is 2.62. The summed E-state index contributed by atoms with van der Waals surface area (Å²) in [4.78, 5) is 11.1. The monoisotopic (exact) mass is 192 g/mol. The summed E-state index contributed by atoms with van der Waals surface area (Å²) < 4.78 is 4.92. The molecule has 1 aliphatic rings. The smallest absolute Gasteiger partial charge is 0.158 e. The first-order valence-corrected chi connectivity index (χ1v) is 4.55. The summed E-state index contributed by atoms with van der Waals surface area (Å²) in [7, 11) is 0. The molecular formula is C11H12O3. The molecule has 0 spiro atoms. The Labute approximate surface area is 82.0 Å². The van der Waals surface area contributed by atoms with Crippen LogP contribution in [0.3, 0.4) is 0 Å². The van der Waals surface area contributed by atoms with Gasteiger partial charge < -0.3 is 9.52 Å². The molecule has 0 bridgehead atoms. The second-order valence-electron chi connectivity index (χ2n) is 3.81. The van der Waals surface area contributed by atoms with Crippen molar-refractivity contribution in [3.63, 3.8) is 0 Å². The van der Waals surface area contributed by atoms with E-state index in [0.717, 1.165) is 11.1 Å². The predicted molar refractivity (Wildman–Crippen MR) is 50.7 cm³/mol. The minimum absolute atomic E-state index is 0.00602. The molecule has 0 saturated heterocycles. The zero-order chi connectivity index (χ0) is 10.2. The third-order valence-electron chi connectivity index (χ3n) is 2.65. The van der Waals surface area contributed by atoms with Gasteiger partial charge in [-0.05, 0) is 30.2 Å². The van der Waals surface area contributed by atoms with Crippen molar-refractivity contribution in [2.24, 2.45) is 0 Å². The van der Waals surface area contributed by atoms with E-state index in [4.69, 9.17) is 4.42 Å². The molecule has 2 rings (SSSR count). The van der Waals surface area contributed by atoms with Gasteiger partial charge in [-0.3, -0.25) is 4.79 Å². The average molecular weight is 192 g/mol. The highest BCUT2D eigenvalue weighted by Gasteiger charge is 2.36. The highest BCUT2D eigenvalue weighted by atomic mass is 16.3. The Morgan fingerprint density at radius 1 is 1.64 bits per heavy atom. The Balaban J connectivity index is 2.19. The fourth-order valence-corrected chi connectivity index (χ4v) is 1.79. The Hall–Kier alpha value is -1.35. The van der Waals surface area contributed by atoms with Crippen molar-refractivity contribution in [3.05, 3.63) is 35.8 Å². The minimum atomic E-state index is -0.999. The molecule has 0 amide bonds. The maximum absolute atomic E-state index is 11.1. The van der Waals surface area contributed by atoms with Crippen LogP contribution in [0.25, 0.3) is 0 Å². The number of rotatable bonds is 2. The van der Waals surface area contributed by atoms with Gasteiger partial charge in [-0.15, -0.1) is 0 Å². The first-order valence-electron chi connectivity index (χ1n) is 4.55. The van der Waals surface area contributed by atoms with Crippen LogP contribution in [0.4, 0.5) is 0 Å². The standard InChI is InChI=1S/C11H12O3/c1-8-4-10(12)6-11(8,13)5-9-2-3-14-7-9/h2-4,7,13H,5-6H2,1H3. The summed E-state index contributed by atoms with van der Waals surface area (Å²) in [5, 5.41) is 10.2. The second kappa shape index (κ2) is 3.10. The Morgan fingerprint density at radius 3 is 2.93 bits per heavy atom. The maximum atomic E-state index is 11.1. The number of carbonyl (C=O) groups is 1. The first-order chi connectivity index (χ1) is 6.60. The molecule has 0 fully saturated rings. The lowest BCUT2D eigenvalue weighted by atomic mass is 9.90. The lowest BCUT2D eigenvalue weighted by Gasteiger charge is -2.22. The van der Waals surface area contributed by atoms with E-state index in [9.17, 15) is 9.90 Å². The molecule has 0 aromatic carbocycles. The number of hydrogen-bond acceptors (Lipinski definition) is 3. The zero-order valence-corrected chi connectivity index (χ0v) is 7.99. The summed E-state index contributed by atoms with van der Waals surface area (Å²) in [6, 6.07) is 1.80. The van der Waals surface area contributed by atoms with Crippen molar-refractivity contribution in [3.8, 4) is 0 Å². The van der Waals surface area contributed by atoms with Gasteiger partial charge in [0.2, 0.25) is 0 Å². The Bertz CT molecular complexity index is 375. The lowest BCUT2D eigenvalue weighted by Crippen LogP contribution is -2.30. The molecular weight excluding hydrogens is 180 g/mol. The van der Waals surface area contributed by atoms with Crippen LogP contribution < -0.4 is 0 Å². The molecule has 3 heteroatoms. The molecule has 14 heavy (non-hydrogen) atoms. The third kappa shape index (κ3) is 1.51. The Kier molecular flexibility index (Phi) is 2.04. The van der Waals surface area contributed by atoms with Crippen molar-refractivity contribution in [2.75, 3.05) is 0 Å². The van der Waals surface area contributed by atoms with E-state index in [1.165, 1.54) is 6.08 Å². The molecule has 0 radical (unpaired) electrons. The van der Waals surface area contributed by atoms with E-state index in [2.05, 4.69) is 0 Å². The molecule has 1 aliphatic carbocycles. The zero-order valence-electron chi connectivity index (χ0n) is 7.99. The van der Waals surface area contributed by atoms with Gasteiger partial charge in [0, 0.05) is 12.8 Å². The van der Waals surface area contributed by atoms with Crippen LogP contribution in [0.2, 0.25) is 0 Å². The summed E-state index contributed by atoms with van der Waals surface area (Å²) >= 11 is 0. The molecule has 1 aromatic heterocycles. The van der Waals surface area contributed by atoms with Crippen LogP contribution in [0.1, 0.15) is 18.9 Å². The van der Waals surface area contributed by atoms with Crippen LogP contribution in [0.15, 0.2) is 34.7 Å². The topological polar surface area (TPSA) is 50.4 Å². The van der Waals surface area contributed by atoms with Gasteiger partial charge in [0.05, 0.1) is 18.1 Å². The van der Waals surface area contributed by atoms with Crippen molar-refractivity contribution in [1.82, 2.24) is 0 Å². The lowest BCUT2D eigenvalue weighted by molar-refractivity contribution is -0.116. The number of furan rings is 1. The highest BCUT2D eigenvalue weighted by Crippen LogP contribution is 2.31. The van der Waals surface area contributed by atoms with E-state index in [1.807, 2.05) is 0 Å². The van der Waals surface area contributed by atoms with Crippen molar-refractivity contribution in [1.29, 1.82) is 0 Å². The van der Waals surface area contributed by atoms with Gasteiger partial charge in [0.15, 0.2) is 5.78 Å². The first kappa shape index (κ1) is 9.21. The molecule has 1 unspecified atom stereocenters. The van der Waals surface area contributed by atoms with E-state index in [0.29, 0.717) is 6.42 Å². The number of allylic oxidation sites excluding steroid dienone is 1. The summed E-state index contributed by atoms with van der Waals surface area (Å²) in [6.45, 7) is 1.78. The van der Waals surface area contributed by atoms with Gasteiger partial charge in [-0.25, -0.2) is 0 Å². The van der Waals surface area contributed by atoms with Crippen LogP contribution in [-0.4, -0.2) is 16.5 Å². The second-order valence-corrected chi connectivity index (χ2v) is 3.81. The fraction of sp³-hybridized carbons (Fsp3) is 0.364. The predicted octanol–water partition coefficient (Wildman–Crippen LogP) is 1.47. The van der Waals surface area contributed by atoms with Crippen molar-refractivity contribution >= 4 is 5.78 Å². The molecule has 1 aromatic rings. The van der Waals surface area contributed by atoms with Gasteiger partial charge in [-0.1, -0.05) is 0 Å². The normalized spacial score (nSPS) is 26.7. The highest BCUT2D eigenvalue weighted by molar-refractivity contribution is 5.94. The van der Waals surface area contributed by atoms with Crippen molar-refractivity contribution < 1.29 is 14.3 Å². The van der Waals surface area contributed by atoms with Gasteiger partial charge in [-0.2, -0.15) is 0 Å². The molecule has 74 valence electrons. The number of aliphatic hydroxyl groups is 1. The molecule has 0 saturated carbocycles. The fourth-order valence-electron chi connectivity index (χ4n) is 1.79. The Morgan fingerprint density at radius 2 is 2.43 bits per heavy atom. The quantitative estimate of drug-likeness (QED) is 0.772. The van der Waals surface area contributed by atoms with Gasteiger partial charge in [0.25, 0.3) is 0 Å². The van der Waals surface area contributed by atoms with Crippen LogP contribution >= 0.6 is 0 Å². The van der Waals surface area contributed by atoms with Crippen molar-refractivity contribution in [2.45, 2.75) is 25.4 Å². The summed E-state index contributed by atoms with van der Waals surface area (Å²) in [5.74, 6) is -0.00602. The number of ketones is 1. The number of hydrogen-bond donors (Lipinski definition) is 1. The molecule has 0 aliphatic heterocycles. The van der Waals surface area contributed by atoms with E-state index < -0.39 is 5.60 Å². The van der Waals surface area contributed by atoms with Crippen LogP contribution in [0, 0.1) is 0 Å². The summed E-state index contributed by atoms with van der Waals surface area (Å²) in [5.41, 5.74) is 0.652.